The monoisotopic (exact) mass is 237 g/mol. The predicted octanol–water partition coefficient (Wildman–Crippen LogP) is 1.14. The zero-order valence-corrected chi connectivity index (χ0v) is 10.2. The summed E-state index contributed by atoms with van der Waals surface area (Å²) in [4.78, 5) is 13.9. The van der Waals surface area contributed by atoms with Crippen molar-refractivity contribution in [2.75, 3.05) is 26.2 Å². The zero-order chi connectivity index (χ0) is 12.1. The molecule has 0 radical (unpaired) electrons. The maximum absolute atomic E-state index is 12.1. The van der Waals surface area contributed by atoms with Gasteiger partial charge in [0.05, 0.1) is 6.20 Å². The van der Waals surface area contributed by atoms with Gasteiger partial charge in [0, 0.05) is 19.2 Å². The highest BCUT2D eigenvalue weighted by molar-refractivity contribution is 5.91. The summed E-state index contributed by atoms with van der Waals surface area (Å²) in [5.41, 5.74) is 0. The Morgan fingerprint density at radius 1 is 1.59 bits per heavy atom. The SMILES string of the molecule is CCN(CC1CCNCC1)C(=O)c1ccno1. The van der Waals surface area contributed by atoms with Crippen LogP contribution in [0.4, 0.5) is 0 Å². The van der Waals surface area contributed by atoms with Crippen LogP contribution < -0.4 is 5.32 Å². The molecule has 5 heteroatoms. The van der Waals surface area contributed by atoms with Gasteiger partial charge < -0.3 is 14.7 Å². The molecule has 2 heterocycles. The molecule has 1 fully saturated rings. The Hall–Kier alpha value is -1.36. The Morgan fingerprint density at radius 3 is 2.94 bits per heavy atom. The third kappa shape index (κ3) is 3.06. The molecule has 0 aliphatic carbocycles. The molecule has 0 spiro atoms. The van der Waals surface area contributed by atoms with Crippen LogP contribution in [0, 0.1) is 5.92 Å². The van der Waals surface area contributed by atoms with E-state index in [9.17, 15) is 4.79 Å². The second kappa shape index (κ2) is 5.82. The maximum Gasteiger partial charge on any atom is 0.292 e. The van der Waals surface area contributed by atoms with Gasteiger partial charge in [-0.2, -0.15) is 0 Å². The average molecular weight is 237 g/mol. The minimum Gasteiger partial charge on any atom is -0.351 e. The second-order valence-electron chi connectivity index (χ2n) is 4.41. The Kier molecular flexibility index (Phi) is 4.14. The van der Waals surface area contributed by atoms with Crippen molar-refractivity contribution in [2.45, 2.75) is 19.8 Å². The lowest BCUT2D eigenvalue weighted by Crippen LogP contribution is -2.39. The molecule has 0 unspecified atom stereocenters. The van der Waals surface area contributed by atoms with E-state index in [-0.39, 0.29) is 5.91 Å². The van der Waals surface area contributed by atoms with E-state index in [1.165, 1.54) is 6.20 Å². The molecule has 0 atom stereocenters. The van der Waals surface area contributed by atoms with Crippen molar-refractivity contribution in [1.29, 1.82) is 0 Å². The molecule has 5 nitrogen and oxygen atoms in total. The minimum atomic E-state index is -0.0523. The minimum absolute atomic E-state index is 0.0523. The second-order valence-corrected chi connectivity index (χ2v) is 4.41. The summed E-state index contributed by atoms with van der Waals surface area (Å²) in [5, 5.41) is 6.91. The number of hydrogen-bond acceptors (Lipinski definition) is 4. The summed E-state index contributed by atoms with van der Waals surface area (Å²) >= 11 is 0. The Morgan fingerprint density at radius 2 is 2.35 bits per heavy atom. The lowest BCUT2D eigenvalue weighted by Gasteiger charge is -2.28. The molecule has 1 aromatic heterocycles. The molecule has 0 bridgehead atoms. The highest BCUT2D eigenvalue weighted by atomic mass is 16.5. The van der Waals surface area contributed by atoms with Crippen molar-refractivity contribution in [1.82, 2.24) is 15.4 Å². The largest absolute Gasteiger partial charge is 0.351 e. The van der Waals surface area contributed by atoms with Crippen molar-refractivity contribution in [2.24, 2.45) is 5.92 Å². The normalized spacial score (nSPS) is 17.0. The average Bonchev–Trinajstić information content (AvgIpc) is 2.90. The molecule has 1 aliphatic rings. The van der Waals surface area contributed by atoms with Crippen molar-refractivity contribution >= 4 is 5.91 Å². The van der Waals surface area contributed by atoms with Crippen LogP contribution in [0.1, 0.15) is 30.3 Å². The number of carbonyl (C=O) groups is 1. The van der Waals surface area contributed by atoms with E-state index in [0.717, 1.165) is 32.5 Å². The molecule has 1 N–H and O–H groups in total. The number of piperidine rings is 1. The fourth-order valence-corrected chi connectivity index (χ4v) is 2.21. The molecule has 17 heavy (non-hydrogen) atoms. The molecular formula is C12H19N3O2. The Balaban J connectivity index is 1.93. The zero-order valence-electron chi connectivity index (χ0n) is 10.2. The topological polar surface area (TPSA) is 58.4 Å². The van der Waals surface area contributed by atoms with Gasteiger partial charge >= 0.3 is 0 Å². The standard InChI is InChI=1S/C12H19N3O2/c1-2-15(9-10-3-6-13-7-4-10)12(16)11-5-8-14-17-11/h5,8,10,13H,2-4,6-7,9H2,1H3. The number of nitrogens with zero attached hydrogens (tertiary/aromatic N) is 2. The first-order chi connectivity index (χ1) is 8.31. The summed E-state index contributed by atoms with van der Waals surface area (Å²) in [6.45, 7) is 5.63. The van der Waals surface area contributed by atoms with Crippen LogP contribution in [-0.2, 0) is 0 Å². The highest BCUT2D eigenvalue weighted by Gasteiger charge is 2.22. The van der Waals surface area contributed by atoms with Crippen molar-refractivity contribution < 1.29 is 9.32 Å². The number of hydrogen-bond donors (Lipinski definition) is 1. The maximum atomic E-state index is 12.1. The fourth-order valence-electron chi connectivity index (χ4n) is 2.21. The van der Waals surface area contributed by atoms with Gasteiger partial charge in [-0.1, -0.05) is 5.16 Å². The molecule has 1 amide bonds. The highest BCUT2D eigenvalue weighted by Crippen LogP contribution is 2.15. The van der Waals surface area contributed by atoms with Crippen LogP contribution in [-0.4, -0.2) is 42.1 Å². The number of aromatic nitrogens is 1. The van der Waals surface area contributed by atoms with Crippen molar-refractivity contribution in [3.05, 3.63) is 18.0 Å². The van der Waals surface area contributed by atoms with E-state index < -0.39 is 0 Å². The molecule has 0 aromatic carbocycles. The summed E-state index contributed by atoms with van der Waals surface area (Å²) < 4.78 is 4.91. The summed E-state index contributed by atoms with van der Waals surface area (Å²) in [6, 6.07) is 1.62. The molecule has 0 saturated carbocycles. The van der Waals surface area contributed by atoms with E-state index >= 15 is 0 Å². The van der Waals surface area contributed by atoms with Crippen LogP contribution in [0.15, 0.2) is 16.8 Å². The van der Waals surface area contributed by atoms with E-state index in [0.29, 0.717) is 18.2 Å². The molecule has 2 rings (SSSR count). The van der Waals surface area contributed by atoms with Gasteiger partial charge in [-0.3, -0.25) is 4.79 Å². The molecule has 1 aliphatic heterocycles. The third-order valence-electron chi connectivity index (χ3n) is 3.25. The Bertz CT molecular complexity index is 345. The predicted molar refractivity (Wildman–Crippen MR) is 63.7 cm³/mol. The molecule has 94 valence electrons. The fraction of sp³-hybridized carbons (Fsp3) is 0.667. The third-order valence-corrected chi connectivity index (χ3v) is 3.25. The van der Waals surface area contributed by atoms with E-state index in [2.05, 4.69) is 10.5 Å². The van der Waals surface area contributed by atoms with Crippen LogP contribution >= 0.6 is 0 Å². The van der Waals surface area contributed by atoms with Gasteiger partial charge in [-0.25, -0.2) is 0 Å². The summed E-state index contributed by atoms with van der Waals surface area (Å²) in [6.07, 6.45) is 3.78. The number of amides is 1. The lowest BCUT2D eigenvalue weighted by atomic mass is 9.97. The van der Waals surface area contributed by atoms with Gasteiger partial charge in [-0.15, -0.1) is 0 Å². The van der Waals surface area contributed by atoms with Gasteiger partial charge in [0.2, 0.25) is 5.76 Å². The number of nitrogens with one attached hydrogen (secondary N) is 1. The van der Waals surface area contributed by atoms with E-state index in [4.69, 9.17) is 4.52 Å². The lowest BCUT2D eigenvalue weighted by molar-refractivity contribution is 0.0685. The quantitative estimate of drug-likeness (QED) is 0.853. The molecular weight excluding hydrogens is 218 g/mol. The summed E-state index contributed by atoms with van der Waals surface area (Å²) in [5.74, 6) is 0.882. The van der Waals surface area contributed by atoms with Crippen molar-refractivity contribution in [3.8, 4) is 0 Å². The number of rotatable bonds is 4. The van der Waals surface area contributed by atoms with E-state index in [1.54, 1.807) is 6.07 Å². The summed E-state index contributed by atoms with van der Waals surface area (Å²) in [7, 11) is 0. The van der Waals surface area contributed by atoms with Gasteiger partial charge in [-0.05, 0) is 38.8 Å². The first-order valence-corrected chi connectivity index (χ1v) is 6.22. The van der Waals surface area contributed by atoms with Crippen molar-refractivity contribution in [3.63, 3.8) is 0 Å². The van der Waals surface area contributed by atoms with Gasteiger partial charge in [0.25, 0.3) is 5.91 Å². The van der Waals surface area contributed by atoms with E-state index in [1.807, 2.05) is 11.8 Å². The van der Waals surface area contributed by atoms with Gasteiger partial charge in [0.15, 0.2) is 0 Å². The van der Waals surface area contributed by atoms with Crippen LogP contribution in [0.3, 0.4) is 0 Å². The van der Waals surface area contributed by atoms with Crippen LogP contribution in [0.2, 0.25) is 0 Å². The van der Waals surface area contributed by atoms with Gasteiger partial charge in [0.1, 0.15) is 0 Å². The first kappa shape index (κ1) is 12.1. The molecule has 1 saturated heterocycles. The smallest absolute Gasteiger partial charge is 0.292 e. The van der Waals surface area contributed by atoms with Crippen LogP contribution in [0.25, 0.3) is 0 Å². The number of carbonyl (C=O) groups excluding carboxylic acids is 1. The van der Waals surface area contributed by atoms with Crippen LogP contribution in [0.5, 0.6) is 0 Å². The first-order valence-electron chi connectivity index (χ1n) is 6.22. The Labute approximate surface area is 101 Å². The molecule has 1 aromatic rings.